The van der Waals surface area contributed by atoms with Crippen LogP contribution in [0.15, 0.2) is 42.5 Å². The Labute approximate surface area is 117 Å². The summed E-state index contributed by atoms with van der Waals surface area (Å²) < 4.78 is 0. The maximum atomic E-state index is 12.2. The molecule has 1 aliphatic rings. The molecule has 1 fully saturated rings. The van der Waals surface area contributed by atoms with E-state index in [0.717, 1.165) is 16.5 Å². The number of carbonyl (C=O) groups is 2. The molecule has 1 unspecified atom stereocenters. The zero-order valence-electron chi connectivity index (χ0n) is 11.3. The van der Waals surface area contributed by atoms with E-state index in [1.807, 2.05) is 42.5 Å². The highest BCUT2D eigenvalue weighted by molar-refractivity contribution is 6.06. The molecule has 3 rings (SSSR count). The van der Waals surface area contributed by atoms with E-state index < -0.39 is 0 Å². The van der Waals surface area contributed by atoms with Gasteiger partial charge in [-0.15, -0.1) is 0 Å². The molecular formula is C16H16N2O2. The summed E-state index contributed by atoms with van der Waals surface area (Å²) in [7, 11) is 1.60. The van der Waals surface area contributed by atoms with Gasteiger partial charge in [-0.05, 0) is 11.5 Å². The highest BCUT2D eigenvalue weighted by atomic mass is 16.2. The van der Waals surface area contributed by atoms with Gasteiger partial charge in [0, 0.05) is 25.4 Å². The van der Waals surface area contributed by atoms with Gasteiger partial charge in [-0.1, -0.05) is 36.4 Å². The van der Waals surface area contributed by atoms with Crippen LogP contribution in [0.2, 0.25) is 0 Å². The minimum Gasteiger partial charge on any atom is -0.359 e. The molecule has 20 heavy (non-hydrogen) atoms. The number of hydrogen-bond donors (Lipinski definition) is 1. The number of rotatable bonds is 2. The molecular weight excluding hydrogens is 252 g/mol. The van der Waals surface area contributed by atoms with Crippen molar-refractivity contribution >= 4 is 28.3 Å². The summed E-state index contributed by atoms with van der Waals surface area (Å²) in [4.78, 5) is 25.6. The predicted octanol–water partition coefficient (Wildman–Crippen LogP) is 1.94. The number of amides is 2. The second-order valence-electron chi connectivity index (χ2n) is 5.02. The van der Waals surface area contributed by atoms with Crippen LogP contribution in [0.1, 0.15) is 6.42 Å². The van der Waals surface area contributed by atoms with Gasteiger partial charge in [0.25, 0.3) is 0 Å². The third kappa shape index (κ3) is 2.03. The zero-order valence-corrected chi connectivity index (χ0v) is 11.3. The van der Waals surface area contributed by atoms with E-state index in [4.69, 9.17) is 0 Å². The second-order valence-corrected chi connectivity index (χ2v) is 5.02. The molecule has 1 N–H and O–H groups in total. The van der Waals surface area contributed by atoms with E-state index in [9.17, 15) is 9.59 Å². The molecule has 4 heteroatoms. The third-order valence-electron chi connectivity index (χ3n) is 3.80. The number of hydrogen-bond acceptors (Lipinski definition) is 2. The van der Waals surface area contributed by atoms with Crippen molar-refractivity contribution in [3.63, 3.8) is 0 Å². The van der Waals surface area contributed by atoms with Crippen molar-refractivity contribution in [1.29, 1.82) is 0 Å². The molecule has 0 aromatic heterocycles. The lowest BCUT2D eigenvalue weighted by atomic mass is 10.1. The topological polar surface area (TPSA) is 49.4 Å². The maximum absolute atomic E-state index is 12.2. The van der Waals surface area contributed by atoms with Crippen molar-refractivity contribution in [3.8, 4) is 0 Å². The van der Waals surface area contributed by atoms with E-state index in [2.05, 4.69) is 5.32 Å². The maximum Gasteiger partial charge on any atom is 0.227 e. The molecule has 1 atom stereocenters. The monoisotopic (exact) mass is 268 g/mol. The number of nitrogens with one attached hydrogen (secondary N) is 1. The minimum atomic E-state index is -0.258. The molecule has 2 aromatic carbocycles. The van der Waals surface area contributed by atoms with Crippen molar-refractivity contribution in [3.05, 3.63) is 42.5 Å². The largest absolute Gasteiger partial charge is 0.359 e. The molecule has 1 aliphatic heterocycles. The Morgan fingerprint density at radius 3 is 2.75 bits per heavy atom. The van der Waals surface area contributed by atoms with Crippen LogP contribution in [0.25, 0.3) is 10.8 Å². The van der Waals surface area contributed by atoms with Gasteiger partial charge < -0.3 is 10.2 Å². The van der Waals surface area contributed by atoms with Gasteiger partial charge in [-0.3, -0.25) is 9.59 Å². The highest BCUT2D eigenvalue weighted by Gasteiger charge is 2.35. The van der Waals surface area contributed by atoms with Crippen molar-refractivity contribution in [1.82, 2.24) is 5.32 Å². The lowest BCUT2D eigenvalue weighted by molar-refractivity contribution is -0.125. The van der Waals surface area contributed by atoms with E-state index in [1.54, 1.807) is 11.9 Å². The van der Waals surface area contributed by atoms with Crippen LogP contribution in [0.3, 0.4) is 0 Å². The third-order valence-corrected chi connectivity index (χ3v) is 3.80. The molecule has 1 saturated heterocycles. The summed E-state index contributed by atoms with van der Waals surface area (Å²) >= 11 is 0. The van der Waals surface area contributed by atoms with E-state index in [-0.39, 0.29) is 24.2 Å². The Hall–Kier alpha value is -2.36. The van der Waals surface area contributed by atoms with E-state index in [1.165, 1.54) is 0 Å². The van der Waals surface area contributed by atoms with Gasteiger partial charge in [-0.25, -0.2) is 0 Å². The number of carbonyl (C=O) groups excluding carboxylic acids is 2. The summed E-state index contributed by atoms with van der Waals surface area (Å²) in [5, 5.41) is 4.76. The van der Waals surface area contributed by atoms with Crippen LogP contribution >= 0.6 is 0 Å². The second kappa shape index (κ2) is 4.96. The predicted molar refractivity (Wildman–Crippen MR) is 78.5 cm³/mol. The lowest BCUT2D eigenvalue weighted by Crippen LogP contribution is -2.30. The van der Waals surface area contributed by atoms with Crippen molar-refractivity contribution in [2.45, 2.75) is 6.42 Å². The summed E-state index contributed by atoms with van der Waals surface area (Å²) in [6.45, 7) is 0.451. The number of anilines is 1. The number of fused-ring (bicyclic) bond motifs is 1. The highest BCUT2D eigenvalue weighted by Crippen LogP contribution is 2.31. The summed E-state index contributed by atoms with van der Waals surface area (Å²) in [6.07, 6.45) is 0.281. The van der Waals surface area contributed by atoms with Gasteiger partial charge in [0.1, 0.15) is 0 Å². The molecule has 0 aliphatic carbocycles. The van der Waals surface area contributed by atoms with Crippen LogP contribution in [0.4, 0.5) is 5.69 Å². The van der Waals surface area contributed by atoms with Gasteiger partial charge >= 0.3 is 0 Å². The normalized spacial score (nSPS) is 18.6. The van der Waals surface area contributed by atoms with E-state index >= 15 is 0 Å². The molecule has 0 saturated carbocycles. The molecule has 0 spiro atoms. The van der Waals surface area contributed by atoms with Crippen LogP contribution < -0.4 is 10.2 Å². The van der Waals surface area contributed by atoms with Crippen molar-refractivity contribution in [2.75, 3.05) is 18.5 Å². The molecule has 102 valence electrons. The van der Waals surface area contributed by atoms with Gasteiger partial charge in [0.05, 0.1) is 11.6 Å². The average Bonchev–Trinajstić information content (AvgIpc) is 2.87. The fraction of sp³-hybridized carbons (Fsp3) is 0.250. The summed E-state index contributed by atoms with van der Waals surface area (Å²) in [6, 6.07) is 13.9. The molecule has 2 aromatic rings. The quantitative estimate of drug-likeness (QED) is 0.905. The Morgan fingerprint density at radius 2 is 1.95 bits per heavy atom. The Morgan fingerprint density at radius 1 is 1.20 bits per heavy atom. The standard InChI is InChI=1S/C16H16N2O2/c1-17-16(20)12-9-15(19)18(10-12)14-8-4-6-11-5-2-3-7-13(11)14/h2-8,12H,9-10H2,1H3,(H,17,20). The van der Waals surface area contributed by atoms with Gasteiger partial charge in [-0.2, -0.15) is 0 Å². The SMILES string of the molecule is CNC(=O)C1CC(=O)N(c2cccc3ccccc23)C1. The van der Waals surface area contributed by atoms with Gasteiger partial charge in [0.15, 0.2) is 0 Å². The first-order valence-electron chi connectivity index (χ1n) is 6.70. The van der Waals surface area contributed by atoms with Crippen LogP contribution in [0.5, 0.6) is 0 Å². The molecule has 1 heterocycles. The molecule has 4 nitrogen and oxygen atoms in total. The van der Waals surface area contributed by atoms with Crippen LogP contribution in [-0.4, -0.2) is 25.4 Å². The number of benzene rings is 2. The van der Waals surface area contributed by atoms with Crippen LogP contribution in [-0.2, 0) is 9.59 Å². The lowest BCUT2D eigenvalue weighted by Gasteiger charge is -2.18. The first-order chi connectivity index (χ1) is 9.70. The molecule has 0 radical (unpaired) electrons. The zero-order chi connectivity index (χ0) is 14.1. The minimum absolute atomic E-state index is 0.00922. The van der Waals surface area contributed by atoms with Gasteiger partial charge in [0.2, 0.25) is 11.8 Å². The summed E-state index contributed by atoms with van der Waals surface area (Å²) in [5.41, 5.74) is 0.888. The van der Waals surface area contributed by atoms with Crippen LogP contribution in [0, 0.1) is 5.92 Å². The van der Waals surface area contributed by atoms with E-state index in [0.29, 0.717) is 6.54 Å². The summed E-state index contributed by atoms with van der Waals surface area (Å²) in [5.74, 6) is -0.317. The molecule has 2 amide bonds. The fourth-order valence-corrected chi connectivity index (χ4v) is 2.76. The Kier molecular flexibility index (Phi) is 3.14. The number of nitrogens with zero attached hydrogens (tertiary/aromatic N) is 1. The smallest absolute Gasteiger partial charge is 0.227 e. The molecule has 0 bridgehead atoms. The first kappa shape index (κ1) is 12.7. The van der Waals surface area contributed by atoms with Crippen molar-refractivity contribution < 1.29 is 9.59 Å². The fourth-order valence-electron chi connectivity index (χ4n) is 2.76. The Bertz CT molecular complexity index is 676. The van der Waals surface area contributed by atoms with Crippen molar-refractivity contribution in [2.24, 2.45) is 5.92 Å². The average molecular weight is 268 g/mol. The Balaban J connectivity index is 2.00. The first-order valence-corrected chi connectivity index (χ1v) is 6.70.